The predicted molar refractivity (Wildman–Crippen MR) is 29.9 cm³/mol. The molecule has 0 fully saturated rings. The minimum absolute atomic E-state index is 0. The number of hydrogen-bond acceptors (Lipinski definition) is 0. The van der Waals surface area contributed by atoms with E-state index in [0.29, 0.717) is 0 Å². The smallest absolute Gasteiger partial charge is 0.0810 e. The van der Waals surface area contributed by atoms with E-state index in [2.05, 4.69) is 24.3 Å². The Balaban J connectivity index is 0.000000320. The minimum Gasteiger partial charge on any atom is -0.0810 e. The van der Waals surface area contributed by atoms with Gasteiger partial charge in [0.05, 0.1) is 0 Å². The quantitative estimate of drug-likeness (QED) is 0.408. The molecule has 8 heavy (non-hydrogen) atoms. The molecule has 0 unspecified atom stereocenters. The van der Waals surface area contributed by atoms with Crippen LogP contribution in [0.25, 0.3) is 0 Å². The normalized spacial score (nSPS) is 38.0. The van der Waals surface area contributed by atoms with Gasteiger partial charge in [0.1, 0.15) is 0 Å². The molecule has 2 aliphatic carbocycles. The van der Waals surface area contributed by atoms with Crippen LogP contribution in [0.4, 0.5) is 0 Å². The molecule has 0 saturated heterocycles. The first-order chi connectivity index (χ1) is 3.45. The molecule has 2 aliphatic rings. The summed E-state index contributed by atoms with van der Waals surface area (Å²) in [5.41, 5.74) is 0. The largest absolute Gasteiger partial charge is 1.00 e. The van der Waals surface area contributed by atoms with Gasteiger partial charge < -0.3 is 0 Å². The number of fused-ring (bicyclic) bond motifs is 2. The van der Waals surface area contributed by atoms with E-state index in [0.717, 1.165) is 11.8 Å². The Bertz CT molecular complexity index is 107. The maximum absolute atomic E-state index is 2.30. The third-order valence-electron chi connectivity index (χ3n) is 1.76. The number of rotatable bonds is 0. The Morgan fingerprint density at radius 1 is 0.875 bits per heavy atom. The first-order valence-electron chi connectivity index (χ1n) is 2.82. The Labute approximate surface area is 62.4 Å². The van der Waals surface area contributed by atoms with Gasteiger partial charge in [0.25, 0.3) is 0 Å². The van der Waals surface area contributed by atoms with Gasteiger partial charge in [0.2, 0.25) is 0 Å². The summed E-state index contributed by atoms with van der Waals surface area (Å²) in [5, 5.41) is 0. The van der Waals surface area contributed by atoms with Crippen LogP contribution in [0.1, 0.15) is 6.42 Å². The average Bonchev–Trinajstić information content (AvgIpc) is 2.22. The molecule has 0 aromatic carbocycles. The van der Waals surface area contributed by atoms with Gasteiger partial charge in [0.15, 0.2) is 0 Å². The second-order valence-electron chi connectivity index (χ2n) is 2.33. The summed E-state index contributed by atoms with van der Waals surface area (Å²) >= 11 is 0. The molecule has 2 rings (SSSR count). The van der Waals surface area contributed by atoms with Gasteiger partial charge in [-0.3, -0.25) is 0 Å². The Morgan fingerprint density at radius 2 is 1.25 bits per heavy atom. The van der Waals surface area contributed by atoms with E-state index >= 15 is 0 Å². The molecule has 2 bridgehead atoms. The maximum atomic E-state index is 2.30. The van der Waals surface area contributed by atoms with Crippen molar-refractivity contribution in [3.05, 3.63) is 24.3 Å². The Morgan fingerprint density at radius 3 is 1.38 bits per heavy atom. The Kier molecular flexibility index (Phi) is 1.67. The van der Waals surface area contributed by atoms with E-state index in [4.69, 9.17) is 0 Å². The molecule has 0 N–H and O–H groups in total. The fourth-order valence-electron chi connectivity index (χ4n) is 1.33. The summed E-state index contributed by atoms with van der Waals surface area (Å²) in [6, 6.07) is 0. The summed E-state index contributed by atoms with van der Waals surface area (Å²) in [6.45, 7) is 0. The van der Waals surface area contributed by atoms with Crippen molar-refractivity contribution in [3.8, 4) is 0 Å². The average molecular weight is 195 g/mol. The first kappa shape index (κ1) is 6.23. The molecular formula is C7H8Rh+. The summed E-state index contributed by atoms with van der Waals surface area (Å²) < 4.78 is 0. The molecule has 44 valence electrons. The molecule has 0 aromatic rings. The van der Waals surface area contributed by atoms with Crippen LogP contribution >= 0.6 is 0 Å². The number of allylic oxidation sites excluding steroid dienone is 4. The van der Waals surface area contributed by atoms with Crippen molar-refractivity contribution < 1.29 is 19.5 Å². The van der Waals surface area contributed by atoms with E-state index in [1.54, 1.807) is 0 Å². The monoisotopic (exact) mass is 195 g/mol. The van der Waals surface area contributed by atoms with Crippen molar-refractivity contribution >= 4 is 0 Å². The predicted octanol–water partition coefficient (Wildman–Crippen LogP) is 1.75. The molecule has 0 heterocycles. The zero-order valence-corrected chi connectivity index (χ0v) is 6.14. The summed E-state index contributed by atoms with van der Waals surface area (Å²) in [7, 11) is 0. The van der Waals surface area contributed by atoms with Gasteiger partial charge in [-0.05, 0) is 18.3 Å². The summed E-state index contributed by atoms with van der Waals surface area (Å²) in [5.74, 6) is 1.62. The third-order valence-corrected chi connectivity index (χ3v) is 1.76. The van der Waals surface area contributed by atoms with Crippen LogP contribution in [0.2, 0.25) is 0 Å². The van der Waals surface area contributed by atoms with Crippen LogP contribution in [0.5, 0.6) is 0 Å². The molecule has 0 nitrogen and oxygen atoms in total. The van der Waals surface area contributed by atoms with Crippen molar-refractivity contribution in [2.45, 2.75) is 6.42 Å². The van der Waals surface area contributed by atoms with Crippen molar-refractivity contribution in [2.24, 2.45) is 11.8 Å². The van der Waals surface area contributed by atoms with Crippen molar-refractivity contribution in [2.75, 3.05) is 0 Å². The standard InChI is InChI=1S/C7H8.Rh/c1-2-7-4-3-6(1)5-7;/h1-4,6-7H,5H2;/q;+1. The van der Waals surface area contributed by atoms with Gasteiger partial charge in [-0.1, -0.05) is 24.3 Å². The van der Waals surface area contributed by atoms with Crippen LogP contribution in [0, 0.1) is 11.8 Å². The van der Waals surface area contributed by atoms with Gasteiger partial charge in [-0.15, -0.1) is 0 Å². The van der Waals surface area contributed by atoms with Crippen molar-refractivity contribution in [3.63, 3.8) is 0 Å². The fourth-order valence-corrected chi connectivity index (χ4v) is 1.33. The fraction of sp³-hybridized carbons (Fsp3) is 0.429. The molecule has 0 aromatic heterocycles. The van der Waals surface area contributed by atoms with Crippen LogP contribution in [-0.4, -0.2) is 0 Å². The van der Waals surface area contributed by atoms with Crippen molar-refractivity contribution in [1.82, 2.24) is 0 Å². The molecule has 1 heteroatoms. The Hall–Kier alpha value is 0.103. The van der Waals surface area contributed by atoms with E-state index in [-0.39, 0.29) is 19.5 Å². The molecule has 0 radical (unpaired) electrons. The maximum Gasteiger partial charge on any atom is 1.00 e. The van der Waals surface area contributed by atoms with Gasteiger partial charge in [-0.25, -0.2) is 0 Å². The third kappa shape index (κ3) is 0.799. The van der Waals surface area contributed by atoms with Gasteiger partial charge in [0, 0.05) is 0 Å². The van der Waals surface area contributed by atoms with Crippen LogP contribution in [0.15, 0.2) is 24.3 Å². The van der Waals surface area contributed by atoms with Crippen LogP contribution in [0.3, 0.4) is 0 Å². The molecule has 0 saturated carbocycles. The van der Waals surface area contributed by atoms with Crippen LogP contribution < -0.4 is 0 Å². The SMILES string of the molecule is C1=CC2C=CC1C2.[Rh+]. The molecule has 0 spiro atoms. The summed E-state index contributed by atoms with van der Waals surface area (Å²) in [6.07, 6.45) is 10.5. The van der Waals surface area contributed by atoms with Gasteiger partial charge >= 0.3 is 19.5 Å². The zero-order valence-electron chi connectivity index (χ0n) is 4.50. The van der Waals surface area contributed by atoms with Crippen LogP contribution in [-0.2, 0) is 19.5 Å². The topological polar surface area (TPSA) is 0 Å². The molecule has 0 amide bonds. The summed E-state index contributed by atoms with van der Waals surface area (Å²) in [4.78, 5) is 0. The molecule has 0 atom stereocenters. The number of hydrogen-bond donors (Lipinski definition) is 0. The second kappa shape index (κ2) is 2.15. The molecular weight excluding hydrogens is 187 g/mol. The van der Waals surface area contributed by atoms with E-state index < -0.39 is 0 Å². The zero-order chi connectivity index (χ0) is 4.69. The minimum atomic E-state index is 0. The molecule has 0 aliphatic heterocycles. The second-order valence-corrected chi connectivity index (χ2v) is 2.33. The first-order valence-corrected chi connectivity index (χ1v) is 2.82. The van der Waals surface area contributed by atoms with E-state index in [1.165, 1.54) is 6.42 Å². The van der Waals surface area contributed by atoms with E-state index in [1.807, 2.05) is 0 Å². The van der Waals surface area contributed by atoms with Gasteiger partial charge in [-0.2, -0.15) is 0 Å². The van der Waals surface area contributed by atoms with E-state index in [9.17, 15) is 0 Å². The van der Waals surface area contributed by atoms with Crippen molar-refractivity contribution in [1.29, 1.82) is 0 Å².